The Morgan fingerprint density at radius 2 is 1.88 bits per heavy atom. The van der Waals surface area contributed by atoms with Gasteiger partial charge in [-0.05, 0) is 38.1 Å². The molecule has 0 aliphatic rings. The van der Waals surface area contributed by atoms with E-state index in [1.165, 1.54) is 19.2 Å². The van der Waals surface area contributed by atoms with Crippen LogP contribution < -0.4 is 10.1 Å². The summed E-state index contributed by atoms with van der Waals surface area (Å²) in [7, 11) is -2.20. The average molecular weight is 358 g/mol. The summed E-state index contributed by atoms with van der Waals surface area (Å²) in [6.07, 6.45) is 0. The molecule has 0 heterocycles. The number of nitrogens with one attached hydrogen (secondary N) is 1. The number of sulfonamides is 1. The normalized spacial score (nSPS) is 12.9. The molecule has 0 radical (unpaired) electrons. The van der Waals surface area contributed by atoms with Gasteiger partial charge in [0.05, 0.1) is 24.7 Å². The number of carbonyl (C=O) groups is 1. The average Bonchev–Trinajstić information content (AvgIpc) is 2.53. The summed E-state index contributed by atoms with van der Waals surface area (Å²) in [5.74, 6) is 0.238. The first-order chi connectivity index (χ1) is 11.3. The number of benzene rings is 1. The minimum absolute atomic E-state index is 0.130. The molecule has 136 valence electrons. The van der Waals surface area contributed by atoms with Crippen LogP contribution in [0, 0.1) is 0 Å². The number of hydrogen-bond acceptors (Lipinski definition) is 5. The van der Waals surface area contributed by atoms with E-state index < -0.39 is 10.0 Å². The smallest absolute Gasteiger partial charge is 0.243 e. The predicted molar refractivity (Wildman–Crippen MR) is 91.5 cm³/mol. The Hall–Kier alpha value is -1.64. The first-order valence-electron chi connectivity index (χ1n) is 7.86. The van der Waals surface area contributed by atoms with E-state index in [0.717, 1.165) is 4.31 Å². The van der Waals surface area contributed by atoms with Gasteiger partial charge in [0, 0.05) is 19.7 Å². The van der Waals surface area contributed by atoms with Crippen molar-refractivity contribution in [3.05, 3.63) is 24.3 Å². The summed E-state index contributed by atoms with van der Waals surface area (Å²) in [6.45, 7) is 6.17. The summed E-state index contributed by atoms with van der Waals surface area (Å²) in [6, 6.07) is 5.98. The molecule has 0 aromatic heterocycles. The fourth-order valence-corrected chi connectivity index (χ4v) is 3.57. The first kappa shape index (κ1) is 20.4. The number of hydrogen-bond donors (Lipinski definition) is 1. The van der Waals surface area contributed by atoms with E-state index in [-0.39, 0.29) is 29.9 Å². The lowest BCUT2D eigenvalue weighted by Gasteiger charge is -2.21. The van der Waals surface area contributed by atoms with Gasteiger partial charge in [-0.2, -0.15) is 4.31 Å². The van der Waals surface area contributed by atoms with Gasteiger partial charge in [0.1, 0.15) is 5.75 Å². The molecule has 1 aromatic rings. The lowest BCUT2D eigenvalue weighted by atomic mass is 10.3. The van der Waals surface area contributed by atoms with Crippen molar-refractivity contribution in [2.45, 2.75) is 31.7 Å². The van der Waals surface area contributed by atoms with Gasteiger partial charge in [0.2, 0.25) is 15.9 Å². The number of methoxy groups -OCH3 is 1. The monoisotopic (exact) mass is 358 g/mol. The maximum Gasteiger partial charge on any atom is 0.243 e. The maximum atomic E-state index is 12.7. The van der Waals surface area contributed by atoms with E-state index in [9.17, 15) is 13.2 Å². The fourth-order valence-electron chi connectivity index (χ4n) is 2.16. The van der Waals surface area contributed by atoms with Crippen molar-refractivity contribution in [3.63, 3.8) is 0 Å². The predicted octanol–water partition coefficient (Wildman–Crippen LogP) is 1.25. The van der Waals surface area contributed by atoms with Crippen molar-refractivity contribution in [1.29, 1.82) is 0 Å². The standard InChI is InChI=1S/C16H26N2O5S/c1-5-18(11-16(19)17-13(3)12-22-4)24(20,21)15-9-7-14(8-10-15)23-6-2/h7-10,13H,5-6,11-12H2,1-4H3,(H,17,19). The van der Waals surface area contributed by atoms with Crippen LogP contribution in [0.1, 0.15) is 20.8 Å². The number of likely N-dealkylation sites (N-methyl/N-ethyl adjacent to an activating group) is 1. The third kappa shape index (κ3) is 5.77. The molecular weight excluding hydrogens is 332 g/mol. The lowest BCUT2D eigenvalue weighted by molar-refractivity contribution is -0.122. The second kappa shape index (κ2) is 9.61. The van der Waals surface area contributed by atoms with Gasteiger partial charge in [-0.25, -0.2) is 8.42 Å². The van der Waals surface area contributed by atoms with Crippen LogP contribution in [0.15, 0.2) is 29.2 Å². The SMILES string of the molecule is CCOc1ccc(S(=O)(=O)N(CC)CC(=O)NC(C)COC)cc1. The van der Waals surface area contributed by atoms with E-state index in [0.29, 0.717) is 19.0 Å². The topological polar surface area (TPSA) is 84.9 Å². The Morgan fingerprint density at radius 3 is 2.38 bits per heavy atom. The zero-order valence-corrected chi connectivity index (χ0v) is 15.4. The minimum atomic E-state index is -3.74. The molecule has 0 saturated heterocycles. The molecule has 24 heavy (non-hydrogen) atoms. The molecule has 8 heteroatoms. The molecule has 1 aromatic carbocycles. The maximum absolute atomic E-state index is 12.7. The molecule has 1 rings (SSSR count). The summed E-state index contributed by atoms with van der Waals surface area (Å²) in [5, 5.41) is 2.70. The third-order valence-corrected chi connectivity index (χ3v) is 5.20. The van der Waals surface area contributed by atoms with Crippen molar-refractivity contribution in [3.8, 4) is 5.75 Å². The van der Waals surface area contributed by atoms with Gasteiger partial charge in [-0.3, -0.25) is 4.79 Å². The van der Waals surface area contributed by atoms with E-state index in [4.69, 9.17) is 9.47 Å². The zero-order chi connectivity index (χ0) is 18.2. The molecule has 1 amide bonds. The Morgan fingerprint density at radius 1 is 1.25 bits per heavy atom. The number of amides is 1. The number of rotatable bonds is 10. The van der Waals surface area contributed by atoms with Crippen LogP contribution in [0.3, 0.4) is 0 Å². The molecule has 0 aliphatic heterocycles. The summed E-state index contributed by atoms with van der Waals surface area (Å²) in [4.78, 5) is 12.2. The number of carbonyl (C=O) groups excluding carboxylic acids is 1. The largest absolute Gasteiger partial charge is 0.494 e. The molecule has 0 fully saturated rings. The molecule has 0 aliphatic carbocycles. The van der Waals surface area contributed by atoms with Crippen molar-refractivity contribution in [2.75, 3.05) is 33.4 Å². The molecule has 1 unspecified atom stereocenters. The first-order valence-corrected chi connectivity index (χ1v) is 9.30. The molecule has 7 nitrogen and oxygen atoms in total. The Labute approximate surface area is 144 Å². The highest BCUT2D eigenvalue weighted by Gasteiger charge is 2.25. The van der Waals surface area contributed by atoms with E-state index in [2.05, 4.69) is 5.32 Å². The van der Waals surface area contributed by atoms with Gasteiger partial charge in [-0.15, -0.1) is 0 Å². The van der Waals surface area contributed by atoms with Crippen LogP contribution in [-0.4, -0.2) is 58.1 Å². The van der Waals surface area contributed by atoms with Crippen molar-refractivity contribution in [1.82, 2.24) is 9.62 Å². The van der Waals surface area contributed by atoms with Crippen molar-refractivity contribution < 1.29 is 22.7 Å². The number of ether oxygens (including phenoxy) is 2. The van der Waals surface area contributed by atoms with E-state index >= 15 is 0 Å². The molecule has 1 N–H and O–H groups in total. The summed E-state index contributed by atoms with van der Waals surface area (Å²) < 4.78 is 36.7. The molecular formula is C16H26N2O5S. The lowest BCUT2D eigenvalue weighted by Crippen LogP contribution is -2.44. The van der Waals surface area contributed by atoms with Gasteiger partial charge < -0.3 is 14.8 Å². The van der Waals surface area contributed by atoms with E-state index in [1.54, 1.807) is 26.0 Å². The summed E-state index contributed by atoms with van der Waals surface area (Å²) >= 11 is 0. The quantitative estimate of drug-likeness (QED) is 0.680. The van der Waals surface area contributed by atoms with Crippen LogP contribution in [0.4, 0.5) is 0 Å². The van der Waals surface area contributed by atoms with Gasteiger partial charge in [0.25, 0.3) is 0 Å². The van der Waals surface area contributed by atoms with Crippen molar-refractivity contribution in [2.24, 2.45) is 0 Å². The third-order valence-electron chi connectivity index (χ3n) is 3.27. The van der Waals surface area contributed by atoms with Gasteiger partial charge in [-0.1, -0.05) is 6.92 Å². The molecule has 0 spiro atoms. The fraction of sp³-hybridized carbons (Fsp3) is 0.562. The van der Waals surface area contributed by atoms with E-state index in [1.807, 2.05) is 6.92 Å². The molecule has 1 atom stereocenters. The summed E-state index contributed by atoms with van der Waals surface area (Å²) in [5.41, 5.74) is 0. The Balaban J connectivity index is 2.83. The van der Waals surface area contributed by atoms with Crippen molar-refractivity contribution >= 4 is 15.9 Å². The Kier molecular flexibility index (Phi) is 8.17. The second-order valence-electron chi connectivity index (χ2n) is 5.26. The number of nitrogens with zero attached hydrogens (tertiary/aromatic N) is 1. The highest BCUT2D eigenvalue weighted by molar-refractivity contribution is 7.89. The molecule has 0 bridgehead atoms. The highest BCUT2D eigenvalue weighted by Crippen LogP contribution is 2.19. The Bertz CT molecular complexity index is 616. The highest BCUT2D eigenvalue weighted by atomic mass is 32.2. The van der Waals surface area contributed by atoms with Gasteiger partial charge >= 0.3 is 0 Å². The minimum Gasteiger partial charge on any atom is -0.494 e. The van der Waals surface area contributed by atoms with Gasteiger partial charge in [0.15, 0.2) is 0 Å². The van der Waals surface area contributed by atoms with Crippen LogP contribution in [0.25, 0.3) is 0 Å². The van der Waals surface area contributed by atoms with Crippen LogP contribution >= 0.6 is 0 Å². The molecule has 0 saturated carbocycles. The van der Waals surface area contributed by atoms with Crippen LogP contribution in [0.5, 0.6) is 5.75 Å². The second-order valence-corrected chi connectivity index (χ2v) is 7.20. The zero-order valence-electron chi connectivity index (χ0n) is 14.6. The van der Waals surface area contributed by atoms with Crippen LogP contribution in [-0.2, 0) is 19.6 Å². The van der Waals surface area contributed by atoms with Crippen LogP contribution in [0.2, 0.25) is 0 Å².